The predicted molar refractivity (Wildman–Crippen MR) is 78.4 cm³/mol. The molecule has 1 aromatic heterocycles. The van der Waals surface area contributed by atoms with Gasteiger partial charge in [0.25, 0.3) is 0 Å². The van der Waals surface area contributed by atoms with E-state index in [1.54, 1.807) is 7.11 Å². The molecule has 0 aliphatic carbocycles. The first-order chi connectivity index (χ1) is 9.08. The lowest BCUT2D eigenvalue weighted by Crippen LogP contribution is -2.32. The highest BCUT2D eigenvalue weighted by atomic mass is 16.5. The molecule has 1 aromatic rings. The fraction of sp³-hybridized carbons (Fsp3) is 0.643. The van der Waals surface area contributed by atoms with Crippen LogP contribution in [0.4, 0.5) is 0 Å². The molecule has 0 bridgehead atoms. The molecule has 0 aromatic carbocycles. The first kappa shape index (κ1) is 15.9. The van der Waals surface area contributed by atoms with Crippen molar-refractivity contribution in [1.82, 2.24) is 14.8 Å². The Balaban J connectivity index is 2.59. The number of hydrogen-bond donors (Lipinski definition) is 1. The third kappa shape index (κ3) is 5.14. The van der Waals surface area contributed by atoms with Crippen LogP contribution in [-0.4, -0.2) is 62.7 Å². The molecule has 1 heterocycles. The molecule has 5 heteroatoms. The van der Waals surface area contributed by atoms with Crippen LogP contribution in [-0.2, 0) is 0 Å². The van der Waals surface area contributed by atoms with E-state index in [-0.39, 0.29) is 6.04 Å². The number of ether oxygens (including phenoxy) is 1. The Kier molecular flexibility index (Phi) is 6.77. The van der Waals surface area contributed by atoms with E-state index in [1.165, 1.54) is 0 Å². The van der Waals surface area contributed by atoms with Crippen molar-refractivity contribution >= 4 is 0 Å². The zero-order valence-corrected chi connectivity index (χ0v) is 12.5. The van der Waals surface area contributed by atoms with Gasteiger partial charge in [0, 0.05) is 24.8 Å². The summed E-state index contributed by atoms with van der Waals surface area (Å²) in [4.78, 5) is 8.72. The molecule has 1 rings (SSSR count). The summed E-state index contributed by atoms with van der Waals surface area (Å²) in [6.45, 7) is 2.70. The van der Waals surface area contributed by atoms with Crippen molar-refractivity contribution in [1.29, 1.82) is 0 Å². The molecule has 1 unspecified atom stereocenters. The number of rotatable bonds is 8. The van der Waals surface area contributed by atoms with Crippen LogP contribution in [0.3, 0.4) is 0 Å². The second kappa shape index (κ2) is 8.09. The minimum atomic E-state index is 0.209. The Morgan fingerprint density at radius 3 is 2.47 bits per heavy atom. The van der Waals surface area contributed by atoms with Gasteiger partial charge in [0.2, 0.25) is 5.88 Å². The molecule has 0 radical (unpaired) electrons. The van der Waals surface area contributed by atoms with Crippen molar-refractivity contribution < 1.29 is 4.74 Å². The number of nitrogens with two attached hydrogens (primary N) is 1. The van der Waals surface area contributed by atoms with Gasteiger partial charge in [0.15, 0.2) is 0 Å². The molecule has 0 saturated heterocycles. The standard InChI is InChI=1S/C14H26N4O/c1-17(2)8-5-9-18(3)13(10-15)12-6-7-14(19-4)16-11-12/h6-7,11,13H,5,8-10,15H2,1-4H3. The molecule has 5 nitrogen and oxygen atoms in total. The summed E-state index contributed by atoms with van der Waals surface area (Å²) in [5.74, 6) is 0.634. The Labute approximate surface area is 116 Å². The third-order valence-electron chi connectivity index (χ3n) is 3.22. The molecule has 0 spiro atoms. The van der Waals surface area contributed by atoms with Crippen molar-refractivity contribution in [3.8, 4) is 5.88 Å². The zero-order valence-electron chi connectivity index (χ0n) is 12.5. The van der Waals surface area contributed by atoms with E-state index in [9.17, 15) is 0 Å². The van der Waals surface area contributed by atoms with E-state index in [0.29, 0.717) is 12.4 Å². The highest BCUT2D eigenvalue weighted by Crippen LogP contribution is 2.19. The van der Waals surface area contributed by atoms with Gasteiger partial charge in [0.05, 0.1) is 7.11 Å². The topological polar surface area (TPSA) is 54.6 Å². The van der Waals surface area contributed by atoms with Crippen LogP contribution in [0.15, 0.2) is 18.3 Å². The average Bonchev–Trinajstić information content (AvgIpc) is 2.40. The smallest absolute Gasteiger partial charge is 0.212 e. The van der Waals surface area contributed by atoms with E-state index >= 15 is 0 Å². The Morgan fingerprint density at radius 2 is 2.00 bits per heavy atom. The number of nitrogens with zero attached hydrogens (tertiary/aromatic N) is 3. The molecular formula is C14H26N4O. The maximum atomic E-state index is 5.90. The Hall–Kier alpha value is -1.17. The normalized spacial score (nSPS) is 13.0. The Morgan fingerprint density at radius 1 is 1.26 bits per heavy atom. The number of hydrogen-bond acceptors (Lipinski definition) is 5. The van der Waals surface area contributed by atoms with E-state index in [4.69, 9.17) is 10.5 Å². The van der Waals surface area contributed by atoms with E-state index in [1.807, 2.05) is 18.3 Å². The lowest BCUT2D eigenvalue weighted by Gasteiger charge is -2.27. The summed E-state index contributed by atoms with van der Waals surface area (Å²) in [7, 11) is 7.91. The van der Waals surface area contributed by atoms with Crippen molar-refractivity contribution in [2.45, 2.75) is 12.5 Å². The maximum Gasteiger partial charge on any atom is 0.212 e. The van der Waals surface area contributed by atoms with Crippen LogP contribution >= 0.6 is 0 Å². The molecule has 0 saturated carbocycles. The van der Waals surface area contributed by atoms with Crippen LogP contribution in [0.5, 0.6) is 5.88 Å². The maximum absolute atomic E-state index is 5.90. The van der Waals surface area contributed by atoms with E-state index in [0.717, 1.165) is 25.1 Å². The minimum absolute atomic E-state index is 0.209. The number of likely N-dealkylation sites (N-methyl/N-ethyl adjacent to an activating group) is 1. The molecule has 0 aliphatic heterocycles. The number of aromatic nitrogens is 1. The summed E-state index contributed by atoms with van der Waals surface area (Å²) < 4.78 is 5.07. The van der Waals surface area contributed by atoms with Gasteiger partial charge in [-0.3, -0.25) is 4.90 Å². The van der Waals surface area contributed by atoms with Crippen molar-refractivity contribution in [3.63, 3.8) is 0 Å². The third-order valence-corrected chi connectivity index (χ3v) is 3.22. The fourth-order valence-electron chi connectivity index (χ4n) is 2.07. The second-order valence-electron chi connectivity index (χ2n) is 5.02. The summed E-state index contributed by atoms with van der Waals surface area (Å²) in [5.41, 5.74) is 7.03. The molecule has 1 atom stereocenters. The van der Waals surface area contributed by atoms with E-state index in [2.05, 4.69) is 35.9 Å². The summed E-state index contributed by atoms with van der Waals surface area (Å²) in [5, 5.41) is 0. The summed E-state index contributed by atoms with van der Waals surface area (Å²) >= 11 is 0. The van der Waals surface area contributed by atoms with Gasteiger partial charge in [-0.1, -0.05) is 6.07 Å². The highest BCUT2D eigenvalue weighted by Gasteiger charge is 2.15. The largest absolute Gasteiger partial charge is 0.481 e. The minimum Gasteiger partial charge on any atom is -0.481 e. The van der Waals surface area contributed by atoms with Crippen LogP contribution < -0.4 is 10.5 Å². The summed E-state index contributed by atoms with van der Waals surface area (Å²) in [6, 6.07) is 4.12. The van der Waals surface area contributed by atoms with Crippen LogP contribution in [0.1, 0.15) is 18.0 Å². The SMILES string of the molecule is COc1ccc(C(CN)N(C)CCCN(C)C)cn1. The van der Waals surface area contributed by atoms with E-state index < -0.39 is 0 Å². The van der Waals surface area contributed by atoms with Crippen LogP contribution in [0, 0.1) is 0 Å². The van der Waals surface area contributed by atoms with Gasteiger partial charge in [-0.2, -0.15) is 0 Å². The lowest BCUT2D eigenvalue weighted by molar-refractivity contribution is 0.234. The molecule has 19 heavy (non-hydrogen) atoms. The Bertz CT molecular complexity index is 353. The van der Waals surface area contributed by atoms with Crippen molar-refractivity contribution in [2.75, 3.05) is 47.9 Å². The highest BCUT2D eigenvalue weighted by molar-refractivity contribution is 5.21. The molecular weight excluding hydrogens is 240 g/mol. The average molecular weight is 266 g/mol. The quantitative estimate of drug-likeness (QED) is 0.760. The van der Waals surface area contributed by atoms with Gasteiger partial charge < -0.3 is 15.4 Å². The fourth-order valence-corrected chi connectivity index (χ4v) is 2.07. The molecule has 0 aliphatic rings. The number of methoxy groups -OCH3 is 1. The molecule has 108 valence electrons. The van der Waals surface area contributed by atoms with Crippen LogP contribution in [0.2, 0.25) is 0 Å². The van der Waals surface area contributed by atoms with Gasteiger partial charge in [-0.05, 0) is 46.2 Å². The van der Waals surface area contributed by atoms with Gasteiger partial charge >= 0.3 is 0 Å². The monoisotopic (exact) mass is 266 g/mol. The number of pyridine rings is 1. The second-order valence-corrected chi connectivity index (χ2v) is 5.02. The first-order valence-corrected chi connectivity index (χ1v) is 6.63. The molecule has 2 N–H and O–H groups in total. The zero-order chi connectivity index (χ0) is 14.3. The molecule has 0 amide bonds. The molecule has 0 fully saturated rings. The van der Waals surface area contributed by atoms with Gasteiger partial charge in [0.1, 0.15) is 0 Å². The van der Waals surface area contributed by atoms with Gasteiger partial charge in [-0.25, -0.2) is 4.98 Å². The predicted octanol–water partition coefficient (Wildman–Crippen LogP) is 0.974. The lowest BCUT2D eigenvalue weighted by atomic mass is 10.1. The van der Waals surface area contributed by atoms with Crippen molar-refractivity contribution in [3.05, 3.63) is 23.9 Å². The first-order valence-electron chi connectivity index (χ1n) is 6.63. The van der Waals surface area contributed by atoms with Crippen molar-refractivity contribution in [2.24, 2.45) is 5.73 Å². The van der Waals surface area contributed by atoms with Crippen LogP contribution in [0.25, 0.3) is 0 Å². The summed E-state index contributed by atoms with van der Waals surface area (Å²) in [6.07, 6.45) is 2.97. The van der Waals surface area contributed by atoms with Gasteiger partial charge in [-0.15, -0.1) is 0 Å².